The van der Waals surface area contributed by atoms with Crippen LogP contribution in [0.25, 0.3) is 0 Å². The molecule has 1 aromatic rings. The molecule has 0 aromatic heterocycles. The number of urea groups is 1. The molecule has 0 radical (unpaired) electrons. The second-order valence-electron chi connectivity index (χ2n) is 5.27. The minimum absolute atomic E-state index is 0.0387. The van der Waals surface area contributed by atoms with Crippen molar-refractivity contribution in [3.63, 3.8) is 0 Å². The highest BCUT2D eigenvalue weighted by Crippen LogP contribution is 2.27. The Morgan fingerprint density at radius 2 is 2.33 bits per heavy atom. The van der Waals surface area contributed by atoms with Gasteiger partial charge in [0.25, 0.3) is 0 Å². The maximum Gasteiger partial charge on any atom is 0.322 e. The highest BCUT2D eigenvalue weighted by molar-refractivity contribution is 5.89. The van der Waals surface area contributed by atoms with Gasteiger partial charge in [0.2, 0.25) is 0 Å². The number of likely N-dealkylation sites (tertiary alicyclic amines) is 1. The monoisotopic (exact) mass is 245 g/mol. The zero-order valence-electron chi connectivity index (χ0n) is 10.6. The smallest absolute Gasteiger partial charge is 0.320 e. The maximum absolute atomic E-state index is 12.3. The SMILES string of the molecule is Cc1cccc(NC(=O)N2CC[C@H]3CNC[C@H]32)c1. The molecule has 0 spiro atoms. The van der Waals surface area contributed by atoms with Crippen molar-refractivity contribution in [1.29, 1.82) is 0 Å². The lowest BCUT2D eigenvalue weighted by Crippen LogP contribution is -2.41. The average molecular weight is 245 g/mol. The second-order valence-corrected chi connectivity index (χ2v) is 5.27. The number of carbonyl (C=O) groups is 1. The van der Waals surface area contributed by atoms with Gasteiger partial charge in [0.1, 0.15) is 0 Å². The zero-order valence-corrected chi connectivity index (χ0v) is 10.6. The van der Waals surface area contributed by atoms with Gasteiger partial charge in [-0.25, -0.2) is 4.79 Å². The molecule has 4 nitrogen and oxygen atoms in total. The quantitative estimate of drug-likeness (QED) is 0.792. The molecule has 2 saturated heterocycles. The van der Waals surface area contributed by atoms with Crippen LogP contribution in [-0.2, 0) is 0 Å². The normalized spacial score (nSPS) is 26.2. The summed E-state index contributed by atoms with van der Waals surface area (Å²) in [7, 11) is 0. The number of anilines is 1. The van der Waals surface area contributed by atoms with Crippen molar-refractivity contribution in [3.05, 3.63) is 29.8 Å². The first kappa shape index (κ1) is 11.5. The summed E-state index contributed by atoms with van der Waals surface area (Å²) in [5, 5.41) is 6.36. The Hall–Kier alpha value is -1.55. The number of carbonyl (C=O) groups excluding carboxylic acids is 1. The minimum Gasteiger partial charge on any atom is -0.320 e. The predicted octanol–water partition coefficient (Wildman–Crippen LogP) is 1.82. The van der Waals surface area contributed by atoms with Crippen molar-refractivity contribution in [3.8, 4) is 0 Å². The first-order valence-corrected chi connectivity index (χ1v) is 6.59. The van der Waals surface area contributed by atoms with Crippen molar-refractivity contribution in [2.75, 3.05) is 25.0 Å². The highest BCUT2D eigenvalue weighted by Gasteiger charge is 2.39. The van der Waals surface area contributed by atoms with E-state index in [1.54, 1.807) is 0 Å². The van der Waals surface area contributed by atoms with E-state index in [2.05, 4.69) is 10.6 Å². The van der Waals surface area contributed by atoms with E-state index in [0.717, 1.165) is 37.3 Å². The Balaban J connectivity index is 1.68. The molecule has 96 valence electrons. The molecule has 2 aliphatic rings. The van der Waals surface area contributed by atoms with Crippen molar-refractivity contribution in [1.82, 2.24) is 10.2 Å². The molecular weight excluding hydrogens is 226 g/mol. The minimum atomic E-state index is 0.0387. The number of hydrogen-bond acceptors (Lipinski definition) is 2. The average Bonchev–Trinajstić information content (AvgIpc) is 2.89. The Labute approximate surface area is 107 Å². The third-order valence-electron chi connectivity index (χ3n) is 3.98. The summed E-state index contributed by atoms with van der Waals surface area (Å²) >= 11 is 0. The van der Waals surface area contributed by atoms with E-state index in [1.807, 2.05) is 36.1 Å². The molecule has 2 atom stereocenters. The van der Waals surface area contributed by atoms with E-state index in [-0.39, 0.29) is 6.03 Å². The number of hydrogen-bond donors (Lipinski definition) is 2. The van der Waals surface area contributed by atoms with E-state index < -0.39 is 0 Å². The number of rotatable bonds is 1. The van der Waals surface area contributed by atoms with E-state index in [9.17, 15) is 4.79 Å². The fourth-order valence-corrected chi connectivity index (χ4v) is 3.02. The molecule has 2 amide bonds. The maximum atomic E-state index is 12.3. The number of nitrogens with zero attached hydrogens (tertiary/aromatic N) is 1. The van der Waals surface area contributed by atoms with Gasteiger partial charge in [-0.05, 0) is 37.0 Å². The summed E-state index contributed by atoms with van der Waals surface area (Å²) in [4.78, 5) is 14.2. The van der Waals surface area contributed by atoms with Crippen LogP contribution in [0.5, 0.6) is 0 Å². The van der Waals surface area contributed by atoms with Crippen LogP contribution in [0.4, 0.5) is 10.5 Å². The molecule has 2 heterocycles. The van der Waals surface area contributed by atoms with Gasteiger partial charge in [-0.15, -0.1) is 0 Å². The molecular formula is C14H19N3O. The Bertz CT molecular complexity index is 460. The molecule has 2 aliphatic heterocycles. The topological polar surface area (TPSA) is 44.4 Å². The number of fused-ring (bicyclic) bond motifs is 1. The number of nitrogens with one attached hydrogen (secondary N) is 2. The van der Waals surface area contributed by atoms with Gasteiger partial charge in [0, 0.05) is 31.4 Å². The van der Waals surface area contributed by atoms with E-state index in [4.69, 9.17) is 0 Å². The molecule has 2 N–H and O–H groups in total. The lowest BCUT2D eigenvalue weighted by atomic mass is 10.1. The number of aryl methyl sites for hydroxylation is 1. The zero-order chi connectivity index (χ0) is 12.5. The molecule has 18 heavy (non-hydrogen) atoms. The molecule has 0 unspecified atom stereocenters. The Morgan fingerprint density at radius 3 is 3.17 bits per heavy atom. The van der Waals surface area contributed by atoms with Crippen molar-refractivity contribution >= 4 is 11.7 Å². The highest BCUT2D eigenvalue weighted by atomic mass is 16.2. The van der Waals surface area contributed by atoms with Gasteiger partial charge in [-0.3, -0.25) is 0 Å². The molecule has 3 rings (SSSR count). The van der Waals surface area contributed by atoms with Gasteiger partial charge in [-0.1, -0.05) is 12.1 Å². The van der Waals surface area contributed by atoms with Gasteiger partial charge >= 0.3 is 6.03 Å². The fourth-order valence-electron chi connectivity index (χ4n) is 3.02. The third kappa shape index (κ3) is 2.08. The molecule has 0 saturated carbocycles. The number of benzene rings is 1. The third-order valence-corrected chi connectivity index (χ3v) is 3.98. The van der Waals surface area contributed by atoms with E-state index in [1.165, 1.54) is 0 Å². The Kier molecular flexibility index (Phi) is 2.96. The second kappa shape index (κ2) is 4.61. The van der Waals surface area contributed by atoms with Crippen molar-refractivity contribution in [2.45, 2.75) is 19.4 Å². The van der Waals surface area contributed by atoms with Crippen LogP contribution in [0.3, 0.4) is 0 Å². The van der Waals surface area contributed by atoms with Gasteiger partial charge < -0.3 is 15.5 Å². The summed E-state index contributed by atoms with van der Waals surface area (Å²) in [6.07, 6.45) is 1.12. The summed E-state index contributed by atoms with van der Waals surface area (Å²) < 4.78 is 0. The van der Waals surface area contributed by atoms with Gasteiger partial charge in [-0.2, -0.15) is 0 Å². The van der Waals surface area contributed by atoms with Crippen LogP contribution >= 0.6 is 0 Å². The molecule has 0 aliphatic carbocycles. The predicted molar refractivity (Wildman–Crippen MR) is 71.7 cm³/mol. The van der Waals surface area contributed by atoms with Crippen molar-refractivity contribution < 1.29 is 4.79 Å². The van der Waals surface area contributed by atoms with Gasteiger partial charge in [0.05, 0.1) is 0 Å². The molecule has 2 fully saturated rings. The summed E-state index contributed by atoms with van der Waals surface area (Å²) in [5.41, 5.74) is 2.05. The van der Waals surface area contributed by atoms with Gasteiger partial charge in [0.15, 0.2) is 0 Å². The standard InChI is InChI=1S/C14H19N3O/c1-10-3-2-4-12(7-10)16-14(18)17-6-5-11-8-15-9-13(11)17/h2-4,7,11,13,15H,5-6,8-9H2,1H3,(H,16,18)/t11-,13+/m0/s1. The van der Waals surface area contributed by atoms with Crippen LogP contribution in [0, 0.1) is 12.8 Å². The van der Waals surface area contributed by atoms with Crippen LogP contribution in [-0.4, -0.2) is 36.6 Å². The summed E-state index contributed by atoms with van der Waals surface area (Å²) in [5.74, 6) is 0.647. The van der Waals surface area contributed by atoms with Crippen LogP contribution in [0.2, 0.25) is 0 Å². The summed E-state index contributed by atoms with van der Waals surface area (Å²) in [6.45, 7) is 4.90. The van der Waals surface area contributed by atoms with Crippen molar-refractivity contribution in [2.24, 2.45) is 5.92 Å². The van der Waals surface area contributed by atoms with E-state index in [0.29, 0.717) is 12.0 Å². The summed E-state index contributed by atoms with van der Waals surface area (Å²) in [6, 6.07) is 8.35. The van der Waals surface area contributed by atoms with Crippen LogP contribution in [0.15, 0.2) is 24.3 Å². The van der Waals surface area contributed by atoms with E-state index >= 15 is 0 Å². The van der Waals surface area contributed by atoms with Crippen LogP contribution < -0.4 is 10.6 Å². The lowest BCUT2D eigenvalue weighted by Gasteiger charge is -2.23. The lowest BCUT2D eigenvalue weighted by molar-refractivity contribution is 0.206. The number of amides is 2. The van der Waals surface area contributed by atoms with Crippen LogP contribution in [0.1, 0.15) is 12.0 Å². The molecule has 1 aromatic carbocycles. The first-order chi connectivity index (χ1) is 8.74. The fraction of sp³-hybridized carbons (Fsp3) is 0.500. The first-order valence-electron chi connectivity index (χ1n) is 6.59. The Morgan fingerprint density at radius 1 is 1.44 bits per heavy atom. The molecule has 0 bridgehead atoms. The largest absolute Gasteiger partial charge is 0.322 e. The molecule has 4 heteroatoms.